The first-order chi connectivity index (χ1) is 21.4. The van der Waals surface area contributed by atoms with Crippen molar-refractivity contribution in [3.63, 3.8) is 0 Å². The number of fused-ring (bicyclic) bond motifs is 1. The third-order valence-corrected chi connectivity index (χ3v) is 10.7. The number of sulfonamides is 1. The summed E-state index contributed by atoms with van der Waals surface area (Å²) in [7, 11) is -3.92. The third kappa shape index (κ3) is 9.03. The zero-order valence-corrected chi connectivity index (χ0v) is 28.0. The van der Waals surface area contributed by atoms with E-state index in [9.17, 15) is 27.9 Å². The summed E-state index contributed by atoms with van der Waals surface area (Å²) in [4.78, 5) is 39.2. The lowest BCUT2D eigenvalue weighted by atomic mass is 10.0. The van der Waals surface area contributed by atoms with Crippen LogP contribution in [0.5, 0.6) is 0 Å². The van der Waals surface area contributed by atoms with Gasteiger partial charge in [0.25, 0.3) is 0 Å². The lowest BCUT2D eigenvalue weighted by Crippen LogP contribution is -2.53. The monoisotopic (exact) mass is 701 g/mol. The van der Waals surface area contributed by atoms with Crippen LogP contribution in [0.3, 0.4) is 0 Å². The van der Waals surface area contributed by atoms with E-state index >= 15 is 0 Å². The molecular weight excluding hydrogens is 665 g/mol. The van der Waals surface area contributed by atoms with Crippen molar-refractivity contribution in [3.05, 3.63) is 52.5 Å². The van der Waals surface area contributed by atoms with Gasteiger partial charge in [0.2, 0.25) is 15.9 Å². The molecule has 1 amide bonds. The Kier molecular flexibility index (Phi) is 12.4. The lowest BCUT2D eigenvalue weighted by Gasteiger charge is -2.27. The molecular formula is C29H37Cl2N5O7S2. The maximum atomic E-state index is 13.1. The second-order valence-electron chi connectivity index (χ2n) is 10.8. The molecule has 16 heteroatoms. The molecule has 2 aliphatic heterocycles. The molecule has 0 bridgehead atoms. The second kappa shape index (κ2) is 15.8. The number of likely N-dealkylation sites (tertiary alicyclic amines) is 1. The summed E-state index contributed by atoms with van der Waals surface area (Å²) >= 11 is 13.5. The number of aryl methyl sites for hydroxylation is 1. The summed E-state index contributed by atoms with van der Waals surface area (Å²) in [6.07, 6.45) is 1.64. The van der Waals surface area contributed by atoms with E-state index in [0.717, 1.165) is 11.1 Å². The van der Waals surface area contributed by atoms with E-state index in [2.05, 4.69) is 20.1 Å². The van der Waals surface area contributed by atoms with E-state index in [-0.39, 0.29) is 35.1 Å². The van der Waals surface area contributed by atoms with Crippen molar-refractivity contribution in [2.24, 2.45) is 0 Å². The van der Waals surface area contributed by atoms with Crippen LogP contribution in [-0.4, -0.2) is 79.6 Å². The minimum Gasteiger partial charge on any atom is -0.480 e. The molecule has 4 atom stereocenters. The molecule has 1 unspecified atom stereocenters. The van der Waals surface area contributed by atoms with Crippen molar-refractivity contribution in [1.29, 1.82) is 0 Å². The number of nitrogens with one attached hydrogen (secondary N) is 4. The Morgan fingerprint density at radius 3 is 2.58 bits per heavy atom. The lowest BCUT2D eigenvalue weighted by molar-refractivity contribution is -0.150. The highest BCUT2D eigenvalue weighted by molar-refractivity contribution is 7.97. The van der Waals surface area contributed by atoms with Crippen molar-refractivity contribution in [1.82, 2.24) is 19.7 Å². The third-order valence-electron chi connectivity index (χ3n) is 7.54. The normalized spacial score (nSPS) is 19.3. The van der Waals surface area contributed by atoms with Gasteiger partial charge in [0, 0.05) is 18.0 Å². The van der Waals surface area contributed by atoms with Crippen LogP contribution in [-0.2, 0) is 42.1 Å². The Balaban J connectivity index is 1.34. The number of benzene rings is 2. The van der Waals surface area contributed by atoms with Crippen LogP contribution in [0.25, 0.3) is 0 Å². The molecule has 2 aromatic carbocycles. The van der Waals surface area contributed by atoms with Crippen molar-refractivity contribution >= 4 is 68.7 Å². The standard InChI is InChI=1S/C29H37Cl2N5O7S2/c1-3-43-29(40)21(33-17(2)27(37)36-12-4-5-23(36)28(38)39)11-10-18-6-8-19(9-7-18)16-32-45(41,42)25-14-24-22(13-20(25)31)34-26(15-30)35-44-24/h6-9,13-14,17,21,23,26,32-35H,3-5,10-12,15-16H2,1-2H3,(H,38,39)/t17?,21-,23-,26-/m0/s1. The number of carboxylic acids is 1. The molecule has 45 heavy (non-hydrogen) atoms. The van der Waals surface area contributed by atoms with E-state index in [1.165, 1.54) is 22.9 Å². The molecule has 1 saturated heterocycles. The zero-order chi connectivity index (χ0) is 32.7. The van der Waals surface area contributed by atoms with Crippen molar-refractivity contribution in [2.75, 3.05) is 24.3 Å². The summed E-state index contributed by atoms with van der Waals surface area (Å²) < 4.78 is 37.1. The van der Waals surface area contributed by atoms with Gasteiger partial charge in [-0.1, -0.05) is 35.9 Å². The Labute approximate surface area is 277 Å². The largest absolute Gasteiger partial charge is 0.480 e. The molecule has 246 valence electrons. The highest BCUT2D eigenvalue weighted by Crippen LogP contribution is 2.36. The number of amides is 1. The van der Waals surface area contributed by atoms with Gasteiger partial charge in [0.1, 0.15) is 23.1 Å². The van der Waals surface area contributed by atoms with Crippen LogP contribution in [0.1, 0.15) is 44.2 Å². The number of aliphatic carboxylic acids is 1. The van der Waals surface area contributed by atoms with E-state index in [1.807, 2.05) is 12.1 Å². The Morgan fingerprint density at radius 2 is 1.91 bits per heavy atom. The molecule has 0 radical (unpaired) electrons. The molecule has 1 fully saturated rings. The molecule has 2 aliphatic rings. The Bertz CT molecular complexity index is 1500. The molecule has 0 aromatic heterocycles. The molecule has 0 saturated carbocycles. The predicted octanol–water partition coefficient (Wildman–Crippen LogP) is 3.32. The number of rotatable bonds is 14. The van der Waals surface area contributed by atoms with Crippen molar-refractivity contribution in [3.8, 4) is 0 Å². The topological polar surface area (TPSA) is 166 Å². The van der Waals surface area contributed by atoms with E-state index in [0.29, 0.717) is 48.7 Å². The van der Waals surface area contributed by atoms with Crippen LogP contribution in [0.15, 0.2) is 46.2 Å². The van der Waals surface area contributed by atoms with Crippen LogP contribution in [0, 0.1) is 0 Å². The number of ether oxygens (including phenoxy) is 1. The van der Waals surface area contributed by atoms with Crippen LogP contribution in [0.4, 0.5) is 5.69 Å². The summed E-state index contributed by atoms with van der Waals surface area (Å²) in [5.41, 5.74) is 2.31. The molecule has 0 aliphatic carbocycles. The minimum absolute atomic E-state index is 0.0339. The molecule has 0 spiro atoms. The summed E-state index contributed by atoms with van der Waals surface area (Å²) in [6.45, 7) is 3.88. The van der Waals surface area contributed by atoms with Crippen LogP contribution < -0.4 is 20.1 Å². The van der Waals surface area contributed by atoms with Gasteiger partial charge >= 0.3 is 11.9 Å². The van der Waals surface area contributed by atoms with Gasteiger partial charge in [0.15, 0.2) is 0 Å². The van der Waals surface area contributed by atoms with Gasteiger partial charge in [-0.25, -0.2) is 22.7 Å². The van der Waals surface area contributed by atoms with Gasteiger partial charge in [0.05, 0.1) is 29.2 Å². The number of carbonyl (C=O) groups excluding carboxylic acids is 2. The molecule has 2 heterocycles. The second-order valence-corrected chi connectivity index (χ2v) is 14.1. The Hall–Kier alpha value is -2.59. The van der Waals surface area contributed by atoms with Crippen molar-refractivity contribution in [2.45, 2.75) is 80.2 Å². The number of anilines is 1. The number of carbonyl (C=O) groups is 3. The molecule has 5 N–H and O–H groups in total. The summed E-state index contributed by atoms with van der Waals surface area (Å²) in [5, 5.41) is 15.7. The summed E-state index contributed by atoms with van der Waals surface area (Å²) in [6, 6.07) is 7.92. The highest BCUT2D eigenvalue weighted by Gasteiger charge is 2.37. The maximum absolute atomic E-state index is 13.1. The smallest absolute Gasteiger partial charge is 0.326 e. The highest BCUT2D eigenvalue weighted by atomic mass is 35.5. The number of nitrogens with zero attached hydrogens (tertiary/aromatic N) is 1. The Morgan fingerprint density at radius 1 is 1.20 bits per heavy atom. The quantitative estimate of drug-likeness (QED) is 0.111. The fourth-order valence-electron chi connectivity index (χ4n) is 5.17. The number of esters is 1. The van der Waals surface area contributed by atoms with Crippen LogP contribution >= 0.6 is 35.1 Å². The SMILES string of the molecule is CCOC(=O)[C@H](CCc1ccc(CNS(=O)(=O)c2cc3c(cc2Cl)N[C@H](CCl)NS3)cc1)NC(C)C(=O)N1CCC[C@H]1C(=O)O. The number of hydrogen-bond donors (Lipinski definition) is 5. The first-order valence-corrected chi connectivity index (χ1v) is 17.8. The first-order valence-electron chi connectivity index (χ1n) is 14.5. The van der Waals surface area contributed by atoms with E-state index in [4.69, 9.17) is 27.9 Å². The van der Waals surface area contributed by atoms with Gasteiger partial charge < -0.3 is 20.1 Å². The van der Waals surface area contributed by atoms with Gasteiger partial charge in [-0.15, -0.1) is 11.6 Å². The number of halogens is 2. The number of alkyl halides is 1. The fourth-order valence-corrected chi connectivity index (χ4v) is 7.88. The molecule has 12 nitrogen and oxygen atoms in total. The molecule has 2 aromatic rings. The van der Waals surface area contributed by atoms with Gasteiger partial charge in [-0.05, 0) is 74.7 Å². The average molecular weight is 703 g/mol. The fraction of sp³-hybridized carbons (Fsp3) is 0.483. The zero-order valence-electron chi connectivity index (χ0n) is 24.8. The summed E-state index contributed by atoms with van der Waals surface area (Å²) in [5.74, 6) is -1.58. The molecule has 4 rings (SSSR count). The average Bonchev–Trinajstić information content (AvgIpc) is 3.52. The first kappa shape index (κ1) is 35.3. The maximum Gasteiger partial charge on any atom is 0.326 e. The van der Waals surface area contributed by atoms with Gasteiger partial charge in [-0.2, -0.15) is 0 Å². The van der Waals surface area contributed by atoms with E-state index < -0.39 is 40.1 Å². The van der Waals surface area contributed by atoms with Crippen LogP contribution in [0.2, 0.25) is 5.02 Å². The van der Waals surface area contributed by atoms with Gasteiger partial charge in [-0.3, -0.25) is 14.9 Å². The van der Waals surface area contributed by atoms with Crippen molar-refractivity contribution < 1.29 is 32.6 Å². The predicted molar refractivity (Wildman–Crippen MR) is 173 cm³/mol. The van der Waals surface area contributed by atoms with E-state index in [1.54, 1.807) is 32.0 Å². The number of carboxylic acid groups (broad SMARTS) is 1. The number of hydrogen-bond acceptors (Lipinski definition) is 10. The minimum atomic E-state index is -3.92.